The van der Waals surface area contributed by atoms with Gasteiger partial charge in [0, 0.05) is 11.4 Å². The molecule has 0 N–H and O–H groups in total. The number of alkyl halides is 1. The van der Waals surface area contributed by atoms with Crippen LogP contribution >= 0.6 is 15.9 Å². The number of hydrogen-bond donors (Lipinski definition) is 0. The molecule has 19 heavy (non-hydrogen) atoms. The number of methoxy groups -OCH3 is 1. The van der Waals surface area contributed by atoms with E-state index in [0.29, 0.717) is 16.8 Å². The molecule has 104 valence electrons. The molecule has 1 aromatic rings. The van der Waals surface area contributed by atoms with Crippen LogP contribution in [0.1, 0.15) is 50.2 Å². The molecular weight excluding hydrogens is 308 g/mol. The van der Waals surface area contributed by atoms with Gasteiger partial charge in [-0.2, -0.15) is 4.98 Å². The third-order valence-electron chi connectivity index (χ3n) is 5.18. The summed E-state index contributed by atoms with van der Waals surface area (Å²) in [7, 11) is 1.66. The summed E-state index contributed by atoms with van der Waals surface area (Å²) in [4.78, 5) is 4.60. The topological polar surface area (TPSA) is 48.2 Å². The number of ether oxygens (including phenoxy) is 1. The van der Waals surface area contributed by atoms with Gasteiger partial charge in [-0.1, -0.05) is 21.1 Å². The third kappa shape index (κ3) is 1.88. The average molecular weight is 327 g/mol. The quantitative estimate of drug-likeness (QED) is 0.800. The number of hydrogen-bond acceptors (Lipinski definition) is 4. The Morgan fingerprint density at radius 1 is 1.32 bits per heavy atom. The molecule has 4 fully saturated rings. The molecule has 4 saturated carbocycles. The van der Waals surface area contributed by atoms with Crippen molar-refractivity contribution < 1.29 is 9.26 Å². The van der Waals surface area contributed by atoms with Crippen LogP contribution in [0.15, 0.2) is 4.52 Å². The van der Waals surface area contributed by atoms with E-state index in [1.807, 2.05) is 0 Å². The third-order valence-corrected chi connectivity index (χ3v) is 6.11. The predicted octanol–water partition coefficient (Wildman–Crippen LogP) is 3.20. The second-order valence-corrected chi connectivity index (χ2v) is 8.52. The largest absolute Gasteiger partial charge is 0.377 e. The summed E-state index contributed by atoms with van der Waals surface area (Å²) in [5.74, 6) is 3.20. The van der Waals surface area contributed by atoms with Crippen LogP contribution in [0, 0.1) is 11.8 Å². The van der Waals surface area contributed by atoms with Gasteiger partial charge < -0.3 is 9.26 Å². The van der Waals surface area contributed by atoms with Gasteiger partial charge in [0.1, 0.15) is 6.61 Å². The zero-order valence-electron chi connectivity index (χ0n) is 11.2. The molecule has 0 amide bonds. The van der Waals surface area contributed by atoms with Crippen molar-refractivity contribution >= 4 is 15.9 Å². The van der Waals surface area contributed by atoms with E-state index in [0.717, 1.165) is 24.1 Å². The van der Waals surface area contributed by atoms with Crippen molar-refractivity contribution in [3.05, 3.63) is 11.7 Å². The van der Waals surface area contributed by atoms with Crippen molar-refractivity contribution in [1.29, 1.82) is 0 Å². The highest BCUT2D eigenvalue weighted by molar-refractivity contribution is 9.10. The summed E-state index contributed by atoms with van der Waals surface area (Å²) in [6.45, 7) is 0.436. The van der Waals surface area contributed by atoms with Gasteiger partial charge >= 0.3 is 0 Å². The highest BCUT2D eigenvalue weighted by atomic mass is 79.9. The molecule has 4 bridgehead atoms. The van der Waals surface area contributed by atoms with Crippen LogP contribution in [0.4, 0.5) is 0 Å². The maximum atomic E-state index is 5.59. The molecule has 0 spiro atoms. The van der Waals surface area contributed by atoms with Crippen molar-refractivity contribution in [2.45, 2.75) is 54.9 Å². The second-order valence-electron chi connectivity index (χ2n) is 6.84. The van der Waals surface area contributed by atoms with Crippen LogP contribution in [-0.2, 0) is 16.8 Å². The first kappa shape index (κ1) is 12.3. The average Bonchev–Trinajstić information content (AvgIpc) is 2.75. The standard InChI is InChI=1S/C14H19BrN2O2/c1-18-7-11-16-12(19-17-11)13-3-9-2-10(4-13)6-14(15,5-9)8-13/h9-10H,2-8H2,1H3/t9-,10-,13?,14?/m1/s1. The van der Waals surface area contributed by atoms with Crippen LogP contribution in [0.5, 0.6) is 0 Å². The van der Waals surface area contributed by atoms with Crippen molar-refractivity contribution in [3.8, 4) is 0 Å². The molecule has 4 aliphatic rings. The summed E-state index contributed by atoms with van der Waals surface area (Å²) in [6, 6.07) is 0. The molecule has 0 radical (unpaired) electrons. The van der Waals surface area contributed by atoms with E-state index in [1.165, 1.54) is 32.1 Å². The minimum Gasteiger partial charge on any atom is -0.377 e. The molecule has 2 atom stereocenters. The molecule has 1 heterocycles. The lowest BCUT2D eigenvalue weighted by Gasteiger charge is -2.58. The van der Waals surface area contributed by atoms with E-state index in [1.54, 1.807) is 7.11 Å². The van der Waals surface area contributed by atoms with E-state index in [4.69, 9.17) is 9.26 Å². The smallest absolute Gasteiger partial charge is 0.233 e. The van der Waals surface area contributed by atoms with Gasteiger partial charge in [0.05, 0.1) is 5.41 Å². The molecule has 4 nitrogen and oxygen atoms in total. The van der Waals surface area contributed by atoms with Gasteiger partial charge in [-0.3, -0.25) is 0 Å². The molecule has 0 aliphatic heterocycles. The van der Waals surface area contributed by atoms with Gasteiger partial charge in [-0.15, -0.1) is 0 Å². The molecule has 4 aliphatic carbocycles. The van der Waals surface area contributed by atoms with E-state index >= 15 is 0 Å². The maximum absolute atomic E-state index is 5.59. The van der Waals surface area contributed by atoms with Gasteiger partial charge in [-0.05, 0) is 50.4 Å². The summed E-state index contributed by atoms with van der Waals surface area (Å²) >= 11 is 4.01. The molecule has 1 aromatic heterocycles. The SMILES string of the molecule is COCc1noc(C23C[C@H]4C[C@@H](CC(Br)(C4)C2)C3)n1. The van der Waals surface area contributed by atoms with Crippen LogP contribution in [0.25, 0.3) is 0 Å². The Bertz CT molecular complexity index is 487. The molecule has 0 saturated heterocycles. The highest BCUT2D eigenvalue weighted by Crippen LogP contribution is 2.64. The van der Waals surface area contributed by atoms with Gasteiger partial charge in [0.15, 0.2) is 5.82 Å². The minimum atomic E-state index is 0.132. The van der Waals surface area contributed by atoms with Gasteiger partial charge in [0.25, 0.3) is 0 Å². The molecule has 5 heteroatoms. The monoisotopic (exact) mass is 326 g/mol. The Balaban J connectivity index is 1.69. The van der Waals surface area contributed by atoms with E-state index in [-0.39, 0.29) is 5.41 Å². The van der Waals surface area contributed by atoms with Crippen LogP contribution in [-0.4, -0.2) is 21.6 Å². The summed E-state index contributed by atoms with van der Waals surface area (Å²) < 4.78 is 11.0. The summed E-state index contributed by atoms with van der Waals surface area (Å²) in [5.41, 5.74) is 0.132. The number of aromatic nitrogens is 2. The Hall–Kier alpha value is -0.420. The first-order valence-corrected chi connectivity index (χ1v) is 7.91. The zero-order valence-corrected chi connectivity index (χ0v) is 12.8. The fraction of sp³-hybridized carbons (Fsp3) is 0.857. The maximum Gasteiger partial charge on any atom is 0.233 e. The number of rotatable bonds is 3. The molecule has 0 unspecified atom stereocenters. The highest BCUT2D eigenvalue weighted by Gasteiger charge is 2.59. The van der Waals surface area contributed by atoms with E-state index < -0.39 is 0 Å². The summed E-state index contributed by atoms with van der Waals surface area (Å²) in [6.07, 6.45) is 7.65. The first-order chi connectivity index (χ1) is 9.11. The van der Waals surface area contributed by atoms with Gasteiger partial charge in [0.2, 0.25) is 5.89 Å². The lowest BCUT2D eigenvalue weighted by atomic mass is 9.49. The fourth-order valence-electron chi connectivity index (χ4n) is 5.06. The van der Waals surface area contributed by atoms with E-state index in [9.17, 15) is 0 Å². The first-order valence-electron chi connectivity index (χ1n) is 7.12. The lowest BCUT2D eigenvalue weighted by Crippen LogP contribution is -2.55. The zero-order chi connectivity index (χ0) is 13.1. The minimum absolute atomic E-state index is 0.132. The number of nitrogens with zero attached hydrogens (tertiary/aromatic N) is 2. The van der Waals surface area contributed by atoms with Crippen molar-refractivity contribution in [2.24, 2.45) is 11.8 Å². The van der Waals surface area contributed by atoms with Crippen LogP contribution < -0.4 is 0 Å². The normalized spacial score (nSPS) is 43.9. The molecule has 0 aromatic carbocycles. The summed E-state index contributed by atoms with van der Waals surface area (Å²) in [5, 5.41) is 4.06. The molecular formula is C14H19BrN2O2. The Morgan fingerprint density at radius 3 is 2.68 bits per heavy atom. The lowest BCUT2D eigenvalue weighted by molar-refractivity contribution is -0.00155. The Kier molecular flexibility index (Phi) is 2.62. The molecule has 5 rings (SSSR count). The van der Waals surface area contributed by atoms with Crippen molar-refractivity contribution in [1.82, 2.24) is 10.1 Å². The Labute approximate surface area is 121 Å². The fourth-order valence-corrected chi connectivity index (χ4v) is 6.51. The number of halogens is 1. The van der Waals surface area contributed by atoms with E-state index in [2.05, 4.69) is 26.1 Å². The van der Waals surface area contributed by atoms with Crippen LogP contribution in [0.3, 0.4) is 0 Å². The predicted molar refractivity (Wildman–Crippen MR) is 73.0 cm³/mol. The van der Waals surface area contributed by atoms with Crippen LogP contribution in [0.2, 0.25) is 0 Å². The second kappa shape index (κ2) is 4.04. The van der Waals surface area contributed by atoms with Crippen molar-refractivity contribution in [3.63, 3.8) is 0 Å². The van der Waals surface area contributed by atoms with Crippen molar-refractivity contribution in [2.75, 3.05) is 7.11 Å². The van der Waals surface area contributed by atoms with Gasteiger partial charge in [-0.25, -0.2) is 0 Å². The Morgan fingerprint density at radius 2 is 2.05 bits per heavy atom.